The zero-order chi connectivity index (χ0) is 10.0. The quantitative estimate of drug-likeness (QED) is 0.605. The highest BCUT2D eigenvalue weighted by Crippen LogP contribution is 2.25. The van der Waals surface area contributed by atoms with Gasteiger partial charge < -0.3 is 0 Å². The number of aldehydes is 1. The number of carbonyl (C=O) groups excluding carboxylic acids is 2. The number of carbonyl (C=O) groups is 2. The largest absolute Gasteiger partial charge is 0.298 e. The number of hydrogen-bond donors (Lipinski definition) is 0. The van der Waals surface area contributed by atoms with Gasteiger partial charge in [-0.1, -0.05) is 11.6 Å². The molecule has 0 saturated carbocycles. The molecule has 0 amide bonds. The van der Waals surface area contributed by atoms with Crippen molar-refractivity contribution in [2.24, 2.45) is 0 Å². The Balaban J connectivity index is 3.44. The van der Waals surface area contributed by atoms with Crippen molar-refractivity contribution in [2.75, 3.05) is 0 Å². The maximum atomic E-state index is 11.1. The van der Waals surface area contributed by atoms with Gasteiger partial charge in [0.1, 0.15) is 0 Å². The molecule has 0 aliphatic carbocycles. The van der Waals surface area contributed by atoms with Crippen LogP contribution in [0.15, 0.2) is 16.6 Å². The van der Waals surface area contributed by atoms with Crippen molar-refractivity contribution in [3.8, 4) is 0 Å². The number of Topliss-reactive ketones (excluding diaryl/α,β-unsaturated/α-hetero) is 1. The van der Waals surface area contributed by atoms with Gasteiger partial charge in [0.2, 0.25) is 0 Å². The van der Waals surface area contributed by atoms with Crippen LogP contribution in [0.2, 0.25) is 5.02 Å². The molecule has 0 fully saturated rings. The normalized spacial score (nSPS) is 9.77. The summed E-state index contributed by atoms with van der Waals surface area (Å²) in [7, 11) is 0. The van der Waals surface area contributed by atoms with Crippen LogP contribution in [-0.4, -0.2) is 12.1 Å². The minimum absolute atomic E-state index is 0.127. The van der Waals surface area contributed by atoms with Crippen LogP contribution in [0.5, 0.6) is 0 Å². The first-order chi connectivity index (χ1) is 6.06. The molecule has 4 heteroatoms. The summed E-state index contributed by atoms with van der Waals surface area (Å²) in [5, 5.41) is 0.385. The molecule has 68 valence electrons. The smallest absolute Gasteiger partial charge is 0.161 e. The predicted molar refractivity (Wildman–Crippen MR) is 54.5 cm³/mol. The topological polar surface area (TPSA) is 34.1 Å². The number of benzene rings is 1. The minimum atomic E-state index is -0.127. The van der Waals surface area contributed by atoms with Crippen molar-refractivity contribution in [2.45, 2.75) is 6.92 Å². The van der Waals surface area contributed by atoms with Gasteiger partial charge in [-0.2, -0.15) is 0 Å². The summed E-state index contributed by atoms with van der Waals surface area (Å²) in [6.45, 7) is 1.42. The van der Waals surface area contributed by atoms with Gasteiger partial charge in [0, 0.05) is 20.6 Å². The van der Waals surface area contributed by atoms with Gasteiger partial charge in [-0.25, -0.2) is 0 Å². The van der Waals surface area contributed by atoms with Crippen LogP contribution in [0.3, 0.4) is 0 Å². The lowest BCUT2D eigenvalue weighted by molar-refractivity contribution is 0.101. The first kappa shape index (κ1) is 10.4. The molecule has 1 rings (SSSR count). The summed E-state index contributed by atoms with van der Waals surface area (Å²) in [6, 6.07) is 3.03. The molecule has 0 bridgehead atoms. The standard InChI is InChI=1S/C9H6BrClO2/c1-5(13)8-3-7(11)2-6(4-12)9(8)10/h2-4H,1H3. The highest BCUT2D eigenvalue weighted by atomic mass is 79.9. The van der Waals surface area contributed by atoms with Crippen LogP contribution < -0.4 is 0 Å². The Morgan fingerprint density at radius 1 is 1.54 bits per heavy atom. The molecule has 0 aliphatic rings. The Morgan fingerprint density at radius 3 is 2.62 bits per heavy atom. The molecule has 2 nitrogen and oxygen atoms in total. The van der Waals surface area contributed by atoms with Crippen LogP contribution in [0.25, 0.3) is 0 Å². The van der Waals surface area contributed by atoms with Gasteiger partial charge >= 0.3 is 0 Å². The molecule has 0 N–H and O–H groups in total. The van der Waals surface area contributed by atoms with Crippen molar-refractivity contribution in [1.82, 2.24) is 0 Å². The van der Waals surface area contributed by atoms with Crippen LogP contribution in [-0.2, 0) is 0 Å². The Labute approximate surface area is 89.0 Å². The van der Waals surface area contributed by atoms with E-state index < -0.39 is 0 Å². The zero-order valence-electron chi connectivity index (χ0n) is 6.80. The summed E-state index contributed by atoms with van der Waals surface area (Å²) < 4.78 is 0.499. The maximum Gasteiger partial charge on any atom is 0.161 e. The average molecular weight is 262 g/mol. The van der Waals surface area contributed by atoms with E-state index in [-0.39, 0.29) is 5.78 Å². The number of rotatable bonds is 2. The van der Waals surface area contributed by atoms with E-state index >= 15 is 0 Å². The van der Waals surface area contributed by atoms with E-state index in [1.165, 1.54) is 19.1 Å². The van der Waals surface area contributed by atoms with Crippen LogP contribution >= 0.6 is 27.5 Å². The molecule has 0 radical (unpaired) electrons. The monoisotopic (exact) mass is 260 g/mol. The molecule has 0 spiro atoms. The first-order valence-electron chi connectivity index (χ1n) is 3.51. The van der Waals surface area contributed by atoms with Crippen molar-refractivity contribution in [3.05, 3.63) is 32.8 Å². The van der Waals surface area contributed by atoms with Crippen LogP contribution in [0.1, 0.15) is 27.6 Å². The average Bonchev–Trinajstić information content (AvgIpc) is 2.08. The zero-order valence-corrected chi connectivity index (χ0v) is 9.15. The van der Waals surface area contributed by atoms with Crippen LogP contribution in [0.4, 0.5) is 0 Å². The first-order valence-corrected chi connectivity index (χ1v) is 4.68. The summed E-state index contributed by atoms with van der Waals surface area (Å²) in [5.41, 5.74) is 0.812. The summed E-state index contributed by atoms with van der Waals surface area (Å²) in [6.07, 6.45) is 0.655. The van der Waals surface area contributed by atoms with E-state index in [0.717, 1.165) is 0 Å². The highest BCUT2D eigenvalue weighted by Gasteiger charge is 2.10. The van der Waals surface area contributed by atoms with E-state index in [2.05, 4.69) is 15.9 Å². The van der Waals surface area contributed by atoms with Gasteiger partial charge in [-0.15, -0.1) is 0 Å². The second kappa shape index (κ2) is 4.03. The summed E-state index contributed by atoms with van der Waals surface area (Å²) in [4.78, 5) is 21.6. The van der Waals surface area contributed by atoms with E-state index in [1.807, 2.05) is 0 Å². The van der Waals surface area contributed by atoms with Crippen molar-refractivity contribution < 1.29 is 9.59 Å². The number of hydrogen-bond acceptors (Lipinski definition) is 2. The fourth-order valence-electron chi connectivity index (χ4n) is 0.952. The van der Waals surface area contributed by atoms with E-state index in [0.29, 0.717) is 26.9 Å². The second-order valence-electron chi connectivity index (χ2n) is 2.53. The van der Waals surface area contributed by atoms with Gasteiger partial charge in [0.15, 0.2) is 12.1 Å². The van der Waals surface area contributed by atoms with Crippen molar-refractivity contribution >= 4 is 39.6 Å². The third-order valence-electron chi connectivity index (χ3n) is 1.57. The summed E-state index contributed by atoms with van der Waals surface area (Å²) in [5.74, 6) is -0.127. The van der Waals surface area contributed by atoms with E-state index in [9.17, 15) is 9.59 Å². The molecule has 0 atom stereocenters. The minimum Gasteiger partial charge on any atom is -0.298 e. The van der Waals surface area contributed by atoms with E-state index in [4.69, 9.17) is 11.6 Å². The van der Waals surface area contributed by atoms with Crippen molar-refractivity contribution in [1.29, 1.82) is 0 Å². The lowest BCUT2D eigenvalue weighted by Crippen LogP contribution is -1.97. The molecule has 0 saturated heterocycles. The molecule has 0 heterocycles. The Morgan fingerprint density at radius 2 is 2.15 bits per heavy atom. The fraction of sp³-hybridized carbons (Fsp3) is 0.111. The fourth-order valence-corrected chi connectivity index (χ4v) is 1.78. The second-order valence-corrected chi connectivity index (χ2v) is 3.76. The van der Waals surface area contributed by atoms with Gasteiger partial charge in [-0.05, 0) is 35.0 Å². The molecule has 1 aromatic rings. The predicted octanol–water partition coefficient (Wildman–Crippen LogP) is 3.12. The molecular formula is C9H6BrClO2. The molecule has 0 unspecified atom stereocenters. The number of ketones is 1. The third-order valence-corrected chi connectivity index (χ3v) is 2.68. The van der Waals surface area contributed by atoms with Crippen molar-refractivity contribution in [3.63, 3.8) is 0 Å². The molecule has 1 aromatic carbocycles. The number of halogens is 2. The van der Waals surface area contributed by atoms with Crippen LogP contribution in [0, 0.1) is 0 Å². The molecule has 0 aliphatic heterocycles. The van der Waals surface area contributed by atoms with Gasteiger partial charge in [-0.3, -0.25) is 9.59 Å². The summed E-state index contributed by atoms with van der Waals surface area (Å²) >= 11 is 8.88. The maximum absolute atomic E-state index is 11.1. The highest BCUT2D eigenvalue weighted by molar-refractivity contribution is 9.10. The SMILES string of the molecule is CC(=O)c1cc(Cl)cc(C=O)c1Br. The molecular weight excluding hydrogens is 255 g/mol. The molecule has 0 aromatic heterocycles. The Hall–Kier alpha value is -0.670. The Bertz CT molecular complexity index is 374. The lowest BCUT2D eigenvalue weighted by atomic mass is 10.1. The lowest BCUT2D eigenvalue weighted by Gasteiger charge is -2.03. The van der Waals surface area contributed by atoms with Gasteiger partial charge in [0.05, 0.1) is 0 Å². The van der Waals surface area contributed by atoms with Gasteiger partial charge in [0.25, 0.3) is 0 Å². The third kappa shape index (κ3) is 2.17. The Kier molecular flexibility index (Phi) is 3.22. The van der Waals surface area contributed by atoms with E-state index in [1.54, 1.807) is 0 Å². The molecule has 13 heavy (non-hydrogen) atoms.